The standard InChI is InChI=1S/C17H20OS/c18-15(16-2-1-5-19-16)3-4-17-9-12-6-13(10-17)8-14(7-12)11-17/h1-5,12-14H,6-11H2. The van der Waals surface area contributed by atoms with Gasteiger partial charge in [0.1, 0.15) is 0 Å². The zero-order valence-electron chi connectivity index (χ0n) is 11.2. The van der Waals surface area contributed by atoms with Gasteiger partial charge in [-0.15, -0.1) is 11.3 Å². The lowest BCUT2D eigenvalue weighted by Gasteiger charge is -2.55. The fraction of sp³-hybridized carbons (Fsp3) is 0.588. The van der Waals surface area contributed by atoms with Crippen molar-refractivity contribution in [3.8, 4) is 0 Å². The van der Waals surface area contributed by atoms with Crippen LogP contribution < -0.4 is 0 Å². The Hall–Kier alpha value is -0.890. The van der Waals surface area contributed by atoms with Gasteiger partial charge in [-0.1, -0.05) is 12.1 Å². The van der Waals surface area contributed by atoms with Gasteiger partial charge in [0, 0.05) is 0 Å². The van der Waals surface area contributed by atoms with Crippen LogP contribution in [0.4, 0.5) is 0 Å². The maximum Gasteiger partial charge on any atom is 0.195 e. The quantitative estimate of drug-likeness (QED) is 0.575. The summed E-state index contributed by atoms with van der Waals surface area (Å²) in [6, 6.07) is 3.88. The first-order valence-corrected chi connectivity index (χ1v) is 8.37. The zero-order chi connectivity index (χ0) is 12.9. The van der Waals surface area contributed by atoms with Crippen LogP contribution in [0.25, 0.3) is 0 Å². The molecule has 4 aliphatic rings. The van der Waals surface area contributed by atoms with Crippen LogP contribution in [-0.2, 0) is 0 Å². The molecule has 4 bridgehead atoms. The van der Waals surface area contributed by atoms with Crippen molar-refractivity contribution in [1.29, 1.82) is 0 Å². The Labute approximate surface area is 118 Å². The summed E-state index contributed by atoms with van der Waals surface area (Å²) < 4.78 is 0. The molecule has 1 aromatic heterocycles. The number of rotatable bonds is 3. The molecule has 4 saturated carbocycles. The van der Waals surface area contributed by atoms with E-state index in [1.807, 2.05) is 23.6 Å². The Bertz CT molecular complexity index is 476. The first-order chi connectivity index (χ1) is 9.22. The molecule has 1 nitrogen and oxygen atoms in total. The lowest BCUT2D eigenvalue weighted by atomic mass is 9.49. The van der Waals surface area contributed by atoms with Crippen LogP contribution in [0.2, 0.25) is 0 Å². The van der Waals surface area contributed by atoms with Crippen molar-refractivity contribution in [3.05, 3.63) is 34.5 Å². The Morgan fingerprint density at radius 2 is 1.79 bits per heavy atom. The summed E-state index contributed by atoms with van der Waals surface area (Å²) in [5.41, 5.74) is 0.377. The highest BCUT2D eigenvalue weighted by atomic mass is 32.1. The maximum atomic E-state index is 12.1. The minimum atomic E-state index is 0.200. The molecular formula is C17H20OS. The molecule has 2 heteroatoms. The topological polar surface area (TPSA) is 17.1 Å². The summed E-state index contributed by atoms with van der Waals surface area (Å²) in [4.78, 5) is 13.0. The highest BCUT2D eigenvalue weighted by Gasteiger charge is 2.49. The summed E-state index contributed by atoms with van der Waals surface area (Å²) in [6.07, 6.45) is 12.6. The van der Waals surface area contributed by atoms with Crippen LogP contribution in [0.15, 0.2) is 29.7 Å². The third-order valence-electron chi connectivity index (χ3n) is 5.44. The monoisotopic (exact) mass is 272 g/mol. The first kappa shape index (κ1) is 11.9. The Morgan fingerprint density at radius 1 is 1.16 bits per heavy atom. The zero-order valence-corrected chi connectivity index (χ0v) is 12.0. The van der Waals surface area contributed by atoms with Gasteiger partial charge in [-0.2, -0.15) is 0 Å². The van der Waals surface area contributed by atoms with E-state index in [0.717, 1.165) is 22.6 Å². The average molecular weight is 272 g/mol. The summed E-state index contributed by atoms with van der Waals surface area (Å²) in [5, 5.41) is 1.98. The van der Waals surface area contributed by atoms with Crippen LogP contribution in [-0.4, -0.2) is 5.78 Å². The van der Waals surface area contributed by atoms with Gasteiger partial charge in [0.15, 0.2) is 5.78 Å². The summed E-state index contributed by atoms with van der Waals surface area (Å²) in [5.74, 6) is 3.05. The van der Waals surface area contributed by atoms with Crippen LogP contribution in [0.1, 0.15) is 48.2 Å². The lowest BCUT2D eigenvalue weighted by Crippen LogP contribution is -2.45. The van der Waals surface area contributed by atoms with Crippen LogP contribution >= 0.6 is 11.3 Å². The van der Waals surface area contributed by atoms with E-state index in [1.54, 1.807) is 11.3 Å². The van der Waals surface area contributed by atoms with Gasteiger partial charge in [-0.25, -0.2) is 0 Å². The highest BCUT2D eigenvalue weighted by Crippen LogP contribution is 2.60. The number of carbonyl (C=O) groups excluding carboxylic acids is 1. The molecule has 1 aromatic rings. The normalized spacial score (nSPS) is 40.1. The lowest BCUT2D eigenvalue weighted by molar-refractivity contribution is -0.0238. The van der Waals surface area contributed by atoms with E-state index in [2.05, 4.69) is 6.08 Å². The smallest absolute Gasteiger partial charge is 0.195 e. The van der Waals surface area contributed by atoms with Crippen LogP contribution in [0, 0.1) is 23.2 Å². The predicted octanol–water partition coefficient (Wildman–Crippen LogP) is 4.70. The number of hydrogen-bond donors (Lipinski definition) is 0. The summed E-state index contributed by atoms with van der Waals surface area (Å²) >= 11 is 1.55. The predicted molar refractivity (Wildman–Crippen MR) is 78.4 cm³/mol. The molecule has 0 amide bonds. The average Bonchev–Trinajstić information content (AvgIpc) is 2.88. The molecule has 19 heavy (non-hydrogen) atoms. The van der Waals surface area contributed by atoms with Gasteiger partial charge >= 0.3 is 0 Å². The third kappa shape index (κ3) is 2.10. The Balaban J connectivity index is 1.54. The summed E-state index contributed by atoms with van der Waals surface area (Å²) in [7, 11) is 0. The SMILES string of the molecule is O=C(C=CC12CC3CC(CC(C3)C1)C2)c1cccs1. The van der Waals surface area contributed by atoms with Crippen molar-refractivity contribution >= 4 is 17.1 Å². The van der Waals surface area contributed by atoms with E-state index in [9.17, 15) is 4.79 Å². The molecule has 0 aromatic carbocycles. The number of thiophene rings is 1. The number of hydrogen-bond acceptors (Lipinski definition) is 2. The van der Waals surface area contributed by atoms with Crippen molar-refractivity contribution in [2.75, 3.05) is 0 Å². The number of carbonyl (C=O) groups is 1. The molecule has 0 spiro atoms. The van der Waals surface area contributed by atoms with Crippen molar-refractivity contribution in [1.82, 2.24) is 0 Å². The molecule has 4 aliphatic carbocycles. The fourth-order valence-electron chi connectivity index (χ4n) is 5.14. The largest absolute Gasteiger partial charge is 0.288 e. The van der Waals surface area contributed by atoms with Crippen LogP contribution in [0.3, 0.4) is 0 Å². The maximum absolute atomic E-state index is 12.1. The van der Waals surface area contributed by atoms with Crippen molar-refractivity contribution in [2.45, 2.75) is 38.5 Å². The van der Waals surface area contributed by atoms with Crippen molar-refractivity contribution in [2.24, 2.45) is 23.2 Å². The molecule has 0 N–H and O–H groups in total. The van der Waals surface area contributed by atoms with E-state index in [1.165, 1.54) is 38.5 Å². The Kier molecular flexibility index (Phi) is 2.70. The fourth-order valence-corrected chi connectivity index (χ4v) is 5.78. The van der Waals surface area contributed by atoms with E-state index in [-0.39, 0.29) is 5.78 Å². The second kappa shape index (κ2) is 4.31. The summed E-state index contributed by atoms with van der Waals surface area (Å²) in [6.45, 7) is 0. The van der Waals surface area contributed by atoms with Crippen molar-refractivity contribution < 1.29 is 4.79 Å². The molecule has 0 unspecified atom stereocenters. The second-order valence-electron chi connectivity index (χ2n) is 6.95. The third-order valence-corrected chi connectivity index (χ3v) is 6.32. The molecule has 0 saturated heterocycles. The van der Waals surface area contributed by atoms with Gasteiger partial charge in [-0.3, -0.25) is 4.79 Å². The van der Waals surface area contributed by atoms with Gasteiger partial charge in [0.05, 0.1) is 4.88 Å². The second-order valence-corrected chi connectivity index (χ2v) is 7.90. The molecule has 4 fully saturated rings. The highest BCUT2D eigenvalue weighted by molar-refractivity contribution is 7.12. The molecule has 100 valence electrons. The van der Waals surface area contributed by atoms with E-state index in [0.29, 0.717) is 5.41 Å². The molecular weight excluding hydrogens is 252 g/mol. The van der Waals surface area contributed by atoms with Gasteiger partial charge in [0.2, 0.25) is 0 Å². The molecule has 0 aliphatic heterocycles. The number of allylic oxidation sites excluding steroid dienone is 2. The molecule has 1 heterocycles. The Morgan fingerprint density at radius 3 is 2.32 bits per heavy atom. The van der Waals surface area contributed by atoms with Crippen LogP contribution in [0.5, 0.6) is 0 Å². The van der Waals surface area contributed by atoms with Crippen molar-refractivity contribution in [3.63, 3.8) is 0 Å². The minimum Gasteiger partial charge on any atom is -0.288 e. The van der Waals surface area contributed by atoms with E-state index >= 15 is 0 Å². The minimum absolute atomic E-state index is 0.200. The number of ketones is 1. The van der Waals surface area contributed by atoms with E-state index in [4.69, 9.17) is 0 Å². The molecule has 0 radical (unpaired) electrons. The van der Waals surface area contributed by atoms with Gasteiger partial charge < -0.3 is 0 Å². The molecule has 0 atom stereocenters. The molecule has 5 rings (SSSR count). The van der Waals surface area contributed by atoms with E-state index < -0.39 is 0 Å². The van der Waals surface area contributed by atoms with Gasteiger partial charge in [0.25, 0.3) is 0 Å². The van der Waals surface area contributed by atoms with Gasteiger partial charge in [-0.05, 0) is 79.2 Å². The first-order valence-electron chi connectivity index (χ1n) is 7.49.